The van der Waals surface area contributed by atoms with Crippen molar-refractivity contribution in [2.45, 2.75) is 32.2 Å². The highest BCUT2D eigenvalue weighted by Crippen LogP contribution is 2.24. The van der Waals surface area contributed by atoms with Gasteiger partial charge in [-0.1, -0.05) is 24.9 Å². The number of nitrogens with two attached hydrogens (primary N) is 1. The fourth-order valence-corrected chi connectivity index (χ4v) is 1.85. The predicted molar refractivity (Wildman–Crippen MR) is 64.7 cm³/mol. The molecule has 0 fully saturated rings. The number of nitro benzene ring substituents is 1. The van der Waals surface area contributed by atoms with Gasteiger partial charge in [-0.05, 0) is 25.0 Å². The molecule has 1 aromatic rings. The molecule has 5 heteroatoms. The lowest BCUT2D eigenvalue weighted by Crippen LogP contribution is -2.22. The first-order valence-electron chi connectivity index (χ1n) is 5.23. The highest BCUT2D eigenvalue weighted by molar-refractivity contribution is 6.30. The van der Waals surface area contributed by atoms with Gasteiger partial charge in [0.05, 0.1) is 4.92 Å². The van der Waals surface area contributed by atoms with E-state index < -0.39 is 4.92 Å². The van der Waals surface area contributed by atoms with E-state index in [1.54, 1.807) is 6.07 Å². The van der Waals surface area contributed by atoms with E-state index in [2.05, 4.69) is 0 Å². The molecular weight excluding hydrogens is 228 g/mol. The van der Waals surface area contributed by atoms with Gasteiger partial charge < -0.3 is 5.73 Å². The largest absolute Gasteiger partial charge is 0.327 e. The summed E-state index contributed by atoms with van der Waals surface area (Å²) in [7, 11) is 0. The average Bonchev–Trinajstić information content (AvgIpc) is 2.17. The van der Waals surface area contributed by atoms with E-state index >= 15 is 0 Å². The summed E-state index contributed by atoms with van der Waals surface area (Å²) in [4.78, 5) is 10.4. The van der Waals surface area contributed by atoms with Crippen molar-refractivity contribution in [3.8, 4) is 0 Å². The van der Waals surface area contributed by atoms with Gasteiger partial charge in [0.25, 0.3) is 5.69 Å². The quantitative estimate of drug-likeness (QED) is 0.638. The van der Waals surface area contributed by atoms with E-state index in [1.165, 1.54) is 12.1 Å². The molecule has 0 radical (unpaired) electrons. The highest BCUT2D eigenvalue weighted by Gasteiger charge is 2.16. The van der Waals surface area contributed by atoms with Gasteiger partial charge in [-0.2, -0.15) is 0 Å². The van der Waals surface area contributed by atoms with Crippen molar-refractivity contribution in [3.05, 3.63) is 38.9 Å². The van der Waals surface area contributed by atoms with E-state index in [-0.39, 0.29) is 11.7 Å². The molecule has 1 aromatic carbocycles. The predicted octanol–water partition coefficient (Wildman–Crippen LogP) is 2.92. The first-order chi connectivity index (χ1) is 7.54. The number of hydrogen-bond donors (Lipinski definition) is 1. The Morgan fingerprint density at radius 1 is 1.56 bits per heavy atom. The van der Waals surface area contributed by atoms with E-state index in [9.17, 15) is 10.1 Å². The number of halogens is 1. The van der Waals surface area contributed by atoms with Gasteiger partial charge in [0.1, 0.15) is 0 Å². The molecule has 88 valence electrons. The zero-order valence-corrected chi connectivity index (χ0v) is 9.91. The van der Waals surface area contributed by atoms with Crippen LogP contribution in [-0.2, 0) is 6.42 Å². The lowest BCUT2D eigenvalue weighted by molar-refractivity contribution is -0.385. The van der Waals surface area contributed by atoms with Crippen LogP contribution in [0.25, 0.3) is 0 Å². The molecule has 0 heterocycles. The molecule has 0 saturated carbocycles. The zero-order valence-electron chi connectivity index (χ0n) is 9.15. The van der Waals surface area contributed by atoms with Gasteiger partial charge in [-0.25, -0.2) is 0 Å². The molecule has 0 spiro atoms. The highest BCUT2D eigenvalue weighted by atomic mass is 35.5. The summed E-state index contributed by atoms with van der Waals surface area (Å²) in [6, 6.07) is 4.52. The minimum absolute atomic E-state index is 0.0535. The molecule has 1 rings (SSSR count). The topological polar surface area (TPSA) is 69.2 Å². The third kappa shape index (κ3) is 3.47. The number of rotatable bonds is 5. The second-order valence-corrected chi connectivity index (χ2v) is 4.22. The lowest BCUT2D eigenvalue weighted by Gasteiger charge is -2.10. The Morgan fingerprint density at radius 3 is 2.81 bits per heavy atom. The molecule has 0 amide bonds. The van der Waals surface area contributed by atoms with Gasteiger partial charge >= 0.3 is 0 Å². The third-order valence-corrected chi connectivity index (χ3v) is 2.61. The third-order valence-electron chi connectivity index (χ3n) is 2.38. The molecule has 0 aliphatic rings. The number of nitrogens with zero attached hydrogens (tertiary/aromatic N) is 1. The lowest BCUT2D eigenvalue weighted by atomic mass is 10.0. The number of hydrogen-bond acceptors (Lipinski definition) is 3. The molecule has 1 atom stereocenters. The molecule has 4 nitrogen and oxygen atoms in total. The van der Waals surface area contributed by atoms with Crippen LogP contribution in [0.5, 0.6) is 0 Å². The standard InChI is InChI=1S/C11H15ClN2O2/c1-2-3-10(13)7-8-6-9(12)4-5-11(8)14(15)16/h4-6,10H,2-3,7,13H2,1H3. The summed E-state index contributed by atoms with van der Waals surface area (Å²) in [5.74, 6) is 0. The van der Waals surface area contributed by atoms with Crippen LogP contribution in [-0.4, -0.2) is 11.0 Å². The van der Waals surface area contributed by atoms with Crippen LogP contribution in [0.2, 0.25) is 5.02 Å². The maximum atomic E-state index is 10.8. The van der Waals surface area contributed by atoms with E-state index in [0.717, 1.165) is 12.8 Å². The van der Waals surface area contributed by atoms with Gasteiger partial charge in [0.15, 0.2) is 0 Å². The maximum absolute atomic E-state index is 10.8. The summed E-state index contributed by atoms with van der Waals surface area (Å²) in [5.41, 5.74) is 6.57. The first-order valence-corrected chi connectivity index (χ1v) is 5.60. The summed E-state index contributed by atoms with van der Waals surface area (Å²) < 4.78 is 0. The van der Waals surface area contributed by atoms with Gasteiger partial charge in [-0.3, -0.25) is 10.1 Å². The Labute approximate surface area is 99.6 Å². The van der Waals surface area contributed by atoms with E-state index in [0.29, 0.717) is 17.0 Å². The number of nitro groups is 1. The normalized spacial score (nSPS) is 12.4. The van der Waals surface area contributed by atoms with Gasteiger partial charge in [0, 0.05) is 22.7 Å². The Kier molecular flexibility index (Phi) is 4.71. The summed E-state index contributed by atoms with van der Waals surface area (Å²) >= 11 is 5.82. The maximum Gasteiger partial charge on any atom is 0.272 e. The minimum atomic E-state index is -0.398. The van der Waals surface area contributed by atoms with E-state index in [4.69, 9.17) is 17.3 Å². The van der Waals surface area contributed by atoms with Gasteiger partial charge in [0.2, 0.25) is 0 Å². The van der Waals surface area contributed by atoms with Crippen LogP contribution in [0.4, 0.5) is 5.69 Å². The molecular formula is C11H15ClN2O2. The second-order valence-electron chi connectivity index (χ2n) is 3.78. The van der Waals surface area contributed by atoms with Crippen molar-refractivity contribution in [1.29, 1.82) is 0 Å². The summed E-state index contributed by atoms with van der Waals surface area (Å²) in [5, 5.41) is 11.3. The van der Waals surface area contributed by atoms with E-state index in [1.807, 2.05) is 6.92 Å². The van der Waals surface area contributed by atoms with Crippen LogP contribution in [0, 0.1) is 10.1 Å². The smallest absolute Gasteiger partial charge is 0.272 e. The molecule has 2 N–H and O–H groups in total. The monoisotopic (exact) mass is 242 g/mol. The fraction of sp³-hybridized carbons (Fsp3) is 0.455. The molecule has 0 aliphatic heterocycles. The van der Waals surface area contributed by atoms with Gasteiger partial charge in [-0.15, -0.1) is 0 Å². The SMILES string of the molecule is CCCC(N)Cc1cc(Cl)ccc1[N+](=O)[O-]. The van der Waals surface area contributed by atoms with Crippen molar-refractivity contribution in [2.24, 2.45) is 5.73 Å². The van der Waals surface area contributed by atoms with Crippen LogP contribution < -0.4 is 5.73 Å². The molecule has 1 unspecified atom stereocenters. The molecule has 0 aliphatic carbocycles. The Hall–Kier alpha value is -1.13. The minimum Gasteiger partial charge on any atom is -0.327 e. The molecule has 0 saturated heterocycles. The van der Waals surface area contributed by atoms with Crippen LogP contribution >= 0.6 is 11.6 Å². The van der Waals surface area contributed by atoms with Crippen molar-refractivity contribution >= 4 is 17.3 Å². The van der Waals surface area contributed by atoms with Crippen molar-refractivity contribution in [1.82, 2.24) is 0 Å². The molecule has 0 aromatic heterocycles. The Balaban J connectivity index is 2.92. The van der Waals surface area contributed by atoms with Crippen molar-refractivity contribution in [3.63, 3.8) is 0 Å². The van der Waals surface area contributed by atoms with Crippen molar-refractivity contribution < 1.29 is 4.92 Å². The Morgan fingerprint density at radius 2 is 2.25 bits per heavy atom. The van der Waals surface area contributed by atoms with Crippen LogP contribution in [0.15, 0.2) is 18.2 Å². The van der Waals surface area contributed by atoms with Crippen molar-refractivity contribution in [2.75, 3.05) is 0 Å². The summed E-state index contributed by atoms with van der Waals surface area (Å²) in [6.07, 6.45) is 2.31. The molecule has 0 bridgehead atoms. The first kappa shape index (κ1) is 12.9. The van der Waals surface area contributed by atoms with Crippen LogP contribution in [0.1, 0.15) is 25.3 Å². The summed E-state index contributed by atoms with van der Waals surface area (Å²) in [6.45, 7) is 2.03. The average molecular weight is 243 g/mol. The second kappa shape index (κ2) is 5.82. The Bertz CT molecular complexity index is 382. The fourth-order valence-electron chi connectivity index (χ4n) is 1.65. The van der Waals surface area contributed by atoms with Crippen LogP contribution in [0.3, 0.4) is 0 Å². The number of benzene rings is 1. The molecule has 16 heavy (non-hydrogen) atoms. The zero-order chi connectivity index (χ0) is 12.1.